The first-order valence-electron chi connectivity index (χ1n) is 13.8. The van der Waals surface area contributed by atoms with Crippen molar-refractivity contribution in [2.45, 2.75) is 74.4 Å². The molecule has 16 nitrogen and oxygen atoms in total. The number of aliphatic hydroxyl groups is 6. The minimum Gasteiger partial charge on any atom is -0.504 e. The fourth-order valence-corrected chi connectivity index (χ4v) is 4.68. The van der Waals surface area contributed by atoms with Crippen LogP contribution in [0, 0.1) is 0 Å². The highest BCUT2D eigenvalue weighted by Crippen LogP contribution is 2.31. The summed E-state index contributed by atoms with van der Waals surface area (Å²) < 4.78 is 27.5. The van der Waals surface area contributed by atoms with E-state index in [-0.39, 0.29) is 11.3 Å². The van der Waals surface area contributed by atoms with Gasteiger partial charge in [-0.15, -0.1) is 0 Å². The Kier molecular flexibility index (Phi) is 11.2. The molecular formula is C29H36O16. The number of hydrogen-bond donors (Lipinski definition) is 10. The predicted molar refractivity (Wildman–Crippen MR) is 148 cm³/mol. The van der Waals surface area contributed by atoms with Gasteiger partial charge in [-0.3, -0.25) is 0 Å². The van der Waals surface area contributed by atoms with Crippen LogP contribution in [0.25, 0.3) is 6.08 Å². The van der Waals surface area contributed by atoms with Crippen molar-refractivity contribution in [1.82, 2.24) is 0 Å². The summed E-state index contributed by atoms with van der Waals surface area (Å²) in [4.78, 5) is 12.7. The van der Waals surface area contributed by atoms with E-state index in [4.69, 9.17) is 23.7 Å². The Labute approximate surface area is 256 Å². The van der Waals surface area contributed by atoms with Gasteiger partial charge in [0.15, 0.2) is 41.7 Å². The highest BCUT2D eigenvalue weighted by Gasteiger charge is 2.49. The lowest BCUT2D eigenvalue weighted by molar-refractivity contribution is -0.330. The van der Waals surface area contributed by atoms with Crippen LogP contribution in [0.2, 0.25) is 0 Å². The van der Waals surface area contributed by atoms with Crippen molar-refractivity contribution < 1.29 is 79.5 Å². The normalized spacial score (nSPS) is 32.8. The van der Waals surface area contributed by atoms with Crippen LogP contribution in [0.3, 0.4) is 0 Å². The van der Waals surface area contributed by atoms with E-state index in [1.165, 1.54) is 37.3 Å². The zero-order valence-electron chi connectivity index (χ0n) is 23.8. The molecule has 10 N–H and O–H groups in total. The summed E-state index contributed by atoms with van der Waals surface area (Å²) in [7, 11) is 0. The van der Waals surface area contributed by atoms with Crippen molar-refractivity contribution in [1.29, 1.82) is 0 Å². The van der Waals surface area contributed by atoms with E-state index in [9.17, 15) is 55.9 Å². The third-order valence-electron chi connectivity index (χ3n) is 7.34. The van der Waals surface area contributed by atoms with Gasteiger partial charge in [0.2, 0.25) is 0 Å². The van der Waals surface area contributed by atoms with E-state index < -0.39 is 104 Å². The predicted octanol–water partition coefficient (Wildman–Crippen LogP) is -1.53. The Bertz CT molecular complexity index is 1340. The van der Waals surface area contributed by atoms with Crippen molar-refractivity contribution in [3.05, 3.63) is 53.6 Å². The molecule has 248 valence electrons. The number of phenolic OH excluding ortho intramolecular Hbond substituents is 4. The summed E-state index contributed by atoms with van der Waals surface area (Å²) in [6.07, 6.45) is -14.6. The van der Waals surface area contributed by atoms with Crippen LogP contribution < -0.4 is 0 Å². The van der Waals surface area contributed by atoms with Gasteiger partial charge in [-0.2, -0.15) is 0 Å². The fraction of sp³-hybridized carbons (Fsp3) is 0.483. The summed E-state index contributed by atoms with van der Waals surface area (Å²) in [5.74, 6) is -2.73. The van der Waals surface area contributed by atoms with Gasteiger partial charge in [0, 0.05) is 6.08 Å². The third kappa shape index (κ3) is 8.19. The highest BCUT2D eigenvalue weighted by molar-refractivity contribution is 5.87. The molecule has 0 radical (unpaired) electrons. The Morgan fingerprint density at radius 2 is 1.42 bits per heavy atom. The molecule has 0 aromatic heterocycles. The first kappa shape index (κ1) is 34.3. The molecule has 0 aliphatic carbocycles. The maximum atomic E-state index is 12.7. The van der Waals surface area contributed by atoms with Crippen LogP contribution in [0.4, 0.5) is 0 Å². The number of rotatable bonds is 10. The number of aromatic hydroxyl groups is 4. The van der Waals surface area contributed by atoms with Gasteiger partial charge in [0.25, 0.3) is 0 Å². The van der Waals surface area contributed by atoms with Crippen LogP contribution in [-0.2, 0) is 28.5 Å². The second-order valence-electron chi connectivity index (χ2n) is 10.6. The molecular weight excluding hydrogens is 604 g/mol. The SMILES string of the molecule is CC1OC(OCC2OC(OCC(O)c3ccc(O)c(O)c3)C(O)C(O)C2OC(=O)/C=C/c2ccc(O)c(O)c2)C(O)C(O)C1O. The fourth-order valence-electron chi connectivity index (χ4n) is 4.68. The largest absolute Gasteiger partial charge is 0.504 e. The van der Waals surface area contributed by atoms with Gasteiger partial charge in [0.1, 0.15) is 42.7 Å². The summed E-state index contributed by atoms with van der Waals surface area (Å²) in [5.41, 5.74) is 0.463. The molecule has 11 unspecified atom stereocenters. The van der Waals surface area contributed by atoms with Crippen LogP contribution in [0.15, 0.2) is 42.5 Å². The lowest BCUT2D eigenvalue weighted by Crippen LogP contribution is -2.62. The highest BCUT2D eigenvalue weighted by atomic mass is 16.7. The quantitative estimate of drug-likeness (QED) is 0.0802. The van der Waals surface area contributed by atoms with E-state index >= 15 is 0 Å². The molecule has 2 saturated heterocycles. The standard InChI is InChI=1S/C29H36O16/c1-12-22(36)23(37)25(39)28(43-12)42-11-20-27(45-21(35)7-3-13-2-5-15(30)17(32)8-13)24(38)26(40)29(44-20)41-10-19(34)14-4-6-16(31)18(33)9-14/h2-9,12,19-20,22-34,36-40H,10-11H2,1H3/b7-3+. The van der Waals surface area contributed by atoms with Gasteiger partial charge < -0.3 is 74.7 Å². The molecule has 16 heteroatoms. The molecule has 0 spiro atoms. The topological polar surface area (TPSA) is 266 Å². The zero-order chi connectivity index (χ0) is 33.0. The first-order chi connectivity index (χ1) is 21.3. The molecule has 45 heavy (non-hydrogen) atoms. The van der Waals surface area contributed by atoms with Gasteiger partial charge >= 0.3 is 5.97 Å². The smallest absolute Gasteiger partial charge is 0.331 e. The lowest BCUT2D eigenvalue weighted by atomic mass is 9.98. The number of carbonyl (C=O) groups excluding carboxylic acids is 1. The van der Waals surface area contributed by atoms with Crippen molar-refractivity contribution in [3.8, 4) is 23.0 Å². The number of ether oxygens (including phenoxy) is 5. The Balaban J connectivity index is 1.48. The number of aliphatic hydroxyl groups excluding tert-OH is 6. The van der Waals surface area contributed by atoms with Gasteiger partial charge in [-0.05, 0) is 48.4 Å². The maximum Gasteiger partial charge on any atom is 0.331 e. The van der Waals surface area contributed by atoms with Crippen LogP contribution in [0.5, 0.6) is 23.0 Å². The number of esters is 1. The van der Waals surface area contributed by atoms with E-state index in [1.54, 1.807) is 0 Å². The average molecular weight is 641 g/mol. The van der Waals surface area contributed by atoms with E-state index in [1.807, 2.05) is 0 Å². The molecule has 11 atom stereocenters. The van der Waals surface area contributed by atoms with Crippen LogP contribution in [0.1, 0.15) is 24.2 Å². The van der Waals surface area contributed by atoms with Crippen molar-refractivity contribution >= 4 is 12.0 Å². The number of carbonyl (C=O) groups is 1. The maximum absolute atomic E-state index is 12.7. The van der Waals surface area contributed by atoms with E-state index in [0.717, 1.165) is 18.2 Å². The molecule has 2 aromatic rings. The second-order valence-corrected chi connectivity index (χ2v) is 10.6. The number of phenols is 4. The van der Waals surface area contributed by atoms with Crippen molar-refractivity contribution in [2.75, 3.05) is 13.2 Å². The van der Waals surface area contributed by atoms with Gasteiger partial charge in [-0.25, -0.2) is 4.79 Å². The van der Waals surface area contributed by atoms with Gasteiger partial charge in [-0.1, -0.05) is 12.1 Å². The molecule has 2 fully saturated rings. The Hall–Kier alpha value is -3.55. The molecule has 2 heterocycles. The molecule has 2 aromatic carbocycles. The van der Waals surface area contributed by atoms with Crippen LogP contribution in [-0.4, -0.2) is 132 Å². The Morgan fingerprint density at radius 1 is 0.800 bits per heavy atom. The molecule has 0 saturated carbocycles. The summed E-state index contributed by atoms with van der Waals surface area (Å²) in [5, 5.41) is 101. The van der Waals surface area contributed by atoms with Crippen LogP contribution >= 0.6 is 0 Å². The molecule has 0 amide bonds. The minimum absolute atomic E-state index is 0.148. The molecule has 4 rings (SSSR count). The van der Waals surface area contributed by atoms with Crippen molar-refractivity contribution in [2.24, 2.45) is 0 Å². The minimum atomic E-state index is -1.84. The summed E-state index contributed by atoms with van der Waals surface area (Å²) >= 11 is 0. The molecule has 2 aliphatic heterocycles. The first-order valence-corrected chi connectivity index (χ1v) is 13.8. The van der Waals surface area contributed by atoms with Crippen molar-refractivity contribution in [3.63, 3.8) is 0 Å². The Morgan fingerprint density at radius 3 is 2.09 bits per heavy atom. The molecule has 2 aliphatic rings. The summed E-state index contributed by atoms with van der Waals surface area (Å²) in [6, 6.07) is 7.33. The van der Waals surface area contributed by atoms with Gasteiger partial charge in [0.05, 0.1) is 19.3 Å². The van der Waals surface area contributed by atoms with E-state index in [0.29, 0.717) is 5.56 Å². The second kappa shape index (κ2) is 14.7. The molecule has 0 bridgehead atoms. The summed E-state index contributed by atoms with van der Waals surface area (Å²) in [6.45, 7) is 0.342. The average Bonchev–Trinajstić information content (AvgIpc) is 3.01. The zero-order valence-corrected chi connectivity index (χ0v) is 23.8. The third-order valence-corrected chi connectivity index (χ3v) is 7.34. The number of benzene rings is 2. The monoisotopic (exact) mass is 640 g/mol. The lowest BCUT2D eigenvalue weighted by Gasteiger charge is -2.43. The van der Waals surface area contributed by atoms with E-state index in [2.05, 4.69) is 0 Å². The number of hydrogen-bond acceptors (Lipinski definition) is 16.